The van der Waals surface area contributed by atoms with E-state index >= 15 is 0 Å². The zero-order chi connectivity index (χ0) is 13.8. The number of rotatable bonds is 4. The maximum atomic E-state index is 13.2. The first-order valence-corrected chi connectivity index (χ1v) is 6.45. The fourth-order valence-corrected chi connectivity index (χ4v) is 2.11. The molecule has 2 aromatic rings. The Morgan fingerprint density at radius 3 is 2.53 bits per heavy atom. The first-order valence-electron chi connectivity index (χ1n) is 6.07. The smallest absolute Gasteiger partial charge is 0.125 e. The van der Waals surface area contributed by atoms with Gasteiger partial charge in [0.1, 0.15) is 11.6 Å². The average Bonchev–Trinajstić information content (AvgIpc) is 2.39. The van der Waals surface area contributed by atoms with Gasteiger partial charge >= 0.3 is 0 Å². The number of hydrogen-bond acceptors (Lipinski definition) is 1. The van der Waals surface area contributed by atoms with Crippen molar-refractivity contribution < 1.29 is 8.78 Å². The zero-order valence-corrected chi connectivity index (χ0v) is 11.2. The highest BCUT2D eigenvalue weighted by molar-refractivity contribution is 6.33. The molecule has 100 valence electrons. The molecule has 0 amide bonds. The number of nitrogens with one attached hydrogen (secondary N) is 1. The van der Waals surface area contributed by atoms with E-state index in [1.54, 1.807) is 6.07 Å². The van der Waals surface area contributed by atoms with Gasteiger partial charge in [-0.25, -0.2) is 8.78 Å². The van der Waals surface area contributed by atoms with Gasteiger partial charge in [0.2, 0.25) is 0 Å². The van der Waals surface area contributed by atoms with Crippen LogP contribution in [0.1, 0.15) is 24.9 Å². The Kier molecular flexibility index (Phi) is 4.38. The van der Waals surface area contributed by atoms with Crippen LogP contribution in [0.25, 0.3) is 0 Å². The van der Waals surface area contributed by atoms with E-state index in [2.05, 4.69) is 5.32 Å². The molecule has 0 bridgehead atoms. The largest absolute Gasteiger partial charge is 0.377 e. The molecule has 2 rings (SSSR count). The summed E-state index contributed by atoms with van der Waals surface area (Å²) in [5.74, 6) is -0.649. The molecule has 1 unspecified atom stereocenters. The predicted molar refractivity (Wildman–Crippen MR) is 74.5 cm³/mol. The molecule has 0 fully saturated rings. The van der Waals surface area contributed by atoms with Crippen molar-refractivity contribution in [2.24, 2.45) is 0 Å². The summed E-state index contributed by atoms with van der Waals surface area (Å²) in [4.78, 5) is 0. The molecule has 19 heavy (non-hydrogen) atoms. The topological polar surface area (TPSA) is 12.0 Å². The predicted octanol–water partition coefficient (Wildman–Crippen LogP) is 5.18. The van der Waals surface area contributed by atoms with Crippen molar-refractivity contribution in [3.63, 3.8) is 0 Å². The number of hydrogen-bond donors (Lipinski definition) is 1. The Hall–Kier alpha value is -1.61. The Bertz CT molecular complexity index is 572. The molecule has 0 heterocycles. The van der Waals surface area contributed by atoms with Crippen LogP contribution in [0.15, 0.2) is 42.5 Å². The van der Waals surface area contributed by atoms with Crippen LogP contribution in [0.4, 0.5) is 14.5 Å². The van der Waals surface area contributed by atoms with Crippen molar-refractivity contribution in [2.45, 2.75) is 19.4 Å². The summed E-state index contributed by atoms with van der Waals surface area (Å²) in [6.07, 6.45) is 0.732. The summed E-state index contributed by atoms with van der Waals surface area (Å²) < 4.78 is 26.4. The maximum absolute atomic E-state index is 13.2. The van der Waals surface area contributed by atoms with E-state index in [0.29, 0.717) is 10.7 Å². The van der Waals surface area contributed by atoms with Crippen LogP contribution >= 0.6 is 11.6 Å². The van der Waals surface area contributed by atoms with E-state index in [4.69, 9.17) is 11.6 Å². The van der Waals surface area contributed by atoms with Crippen molar-refractivity contribution >= 4 is 17.3 Å². The Morgan fingerprint density at radius 2 is 1.84 bits per heavy atom. The van der Waals surface area contributed by atoms with Crippen LogP contribution in [0, 0.1) is 11.6 Å². The molecule has 1 atom stereocenters. The lowest BCUT2D eigenvalue weighted by Crippen LogP contribution is -2.10. The lowest BCUT2D eigenvalue weighted by molar-refractivity contribution is 0.619. The van der Waals surface area contributed by atoms with Crippen LogP contribution in [0.5, 0.6) is 0 Å². The molecule has 1 nitrogen and oxygen atoms in total. The van der Waals surface area contributed by atoms with E-state index < -0.39 is 0 Å². The van der Waals surface area contributed by atoms with E-state index in [0.717, 1.165) is 12.0 Å². The standard InChI is InChI=1S/C15H14ClF2N/c1-2-14(10-4-3-5-11(17)8-10)19-15-9-12(18)6-7-13(15)16/h3-9,14,19H,2H2,1H3. The van der Waals surface area contributed by atoms with Crippen LogP contribution in [0.2, 0.25) is 5.02 Å². The third-order valence-corrected chi connectivity index (χ3v) is 3.25. The molecule has 0 radical (unpaired) electrons. The minimum Gasteiger partial charge on any atom is -0.377 e. The minimum absolute atomic E-state index is 0.116. The number of benzene rings is 2. The van der Waals surface area contributed by atoms with Crippen LogP contribution in [-0.2, 0) is 0 Å². The third-order valence-electron chi connectivity index (χ3n) is 2.92. The van der Waals surface area contributed by atoms with Gasteiger partial charge in [0.05, 0.1) is 16.8 Å². The maximum Gasteiger partial charge on any atom is 0.125 e. The van der Waals surface area contributed by atoms with E-state index in [1.165, 1.54) is 30.3 Å². The molecule has 2 aromatic carbocycles. The van der Waals surface area contributed by atoms with Gasteiger partial charge in [0.15, 0.2) is 0 Å². The van der Waals surface area contributed by atoms with Crippen LogP contribution in [0.3, 0.4) is 0 Å². The number of halogens is 3. The molecular weight excluding hydrogens is 268 g/mol. The summed E-state index contributed by atoms with van der Waals surface area (Å²) >= 11 is 6.01. The summed E-state index contributed by atoms with van der Waals surface area (Å²) in [6.45, 7) is 1.97. The molecule has 4 heteroatoms. The molecular formula is C15H14ClF2N. The first kappa shape index (κ1) is 13.8. The molecule has 0 saturated carbocycles. The molecule has 0 spiro atoms. The normalized spacial score (nSPS) is 12.2. The van der Waals surface area contributed by atoms with E-state index in [-0.39, 0.29) is 17.7 Å². The first-order chi connectivity index (χ1) is 9.10. The van der Waals surface area contributed by atoms with Gasteiger partial charge in [-0.05, 0) is 42.3 Å². The second-order valence-corrected chi connectivity index (χ2v) is 4.69. The third kappa shape index (κ3) is 3.44. The summed E-state index contributed by atoms with van der Waals surface area (Å²) in [7, 11) is 0. The monoisotopic (exact) mass is 281 g/mol. The average molecular weight is 282 g/mol. The van der Waals surface area contributed by atoms with Crippen molar-refractivity contribution in [3.8, 4) is 0 Å². The molecule has 0 aromatic heterocycles. The fraction of sp³-hybridized carbons (Fsp3) is 0.200. The lowest BCUT2D eigenvalue weighted by Gasteiger charge is -2.19. The highest BCUT2D eigenvalue weighted by atomic mass is 35.5. The minimum atomic E-state index is -0.360. The Morgan fingerprint density at radius 1 is 1.11 bits per heavy atom. The Labute approximate surface area is 116 Å². The van der Waals surface area contributed by atoms with Gasteiger partial charge in [0, 0.05) is 0 Å². The van der Waals surface area contributed by atoms with Gasteiger partial charge in [-0.15, -0.1) is 0 Å². The van der Waals surface area contributed by atoms with Crippen molar-refractivity contribution in [1.82, 2.24) is 0 Å². The highest BCUT2D eigenvalue weighted by Gasteiger charge is 2.12. The van der Waals surface area contributed by atoms with E-state index in [1.807, 2.05) is 13.0 Å². The highest BCUT2D eigenvalue weighted by Crippen LogP contribution is 2.28. The lowest BCUT2D eigenvalue weighted by atomic mass is 10.0. The van der Waals surface area contributed by atoms with Gasteiger partial charge in [-0.1, -0.05) is 30.7 Å². The summed E-state index contributed by atoms with van der Waals surface area (Å²) in [5, 5.41) is 3.58. The van der Waals surface area contributed by atoms with E-state index in [9.17, 15) is 8.78 Å². The molecule has 0 saturated heterocycles. The van der Waals surface area contributed by atoms with Gasteiger partial charge in [-0.2, -0.15) is 0 Å². The number of anilines is 1. The van der Waals surface area contributed by atoms with Crippen molar-refractivity contribution in [1.29, 1.82) is 0 Å². The van der Waals surface area contributed by atoms with Crippen LogP contribution < -0.4 is 5.32 Å². The van der Waals surface area contributed by atoms with Gasteiger partial charge in [-0.3, -0.25) is 0 Å². The molecule has 0 aliphatic heterocycles. The second kappa shape index (κ2) is 6.02. The van der Waals surface area contributed by atoms with Gasteiger partial charge < -0.3 is 5.32 Å². The fourth-order valence-electron chi connectivity index (χ4n) is 1.94. The van der Waals surface area contributed by atoms with Crippen molar-refractivity contribution in [2.75, 3.05) is 5.32 Å². The second-order valence-electron chi connectivity index (χ2n) is 4.28. The SMILES string of the molecule is CCC(Nc1cc(F)ccc1Cl)c1cccc(F)c1. The summed E-state index contributed by atoms with van der Waals surface area (Å²) in [6, 6.07) is 10.4. The Balaban J connectivity index is 2.26. The quantitative estimate of drug-likeness (QED) is 0.814. The molecule has 1 N–H and O–H groups in total. The summed E-state index contributed by atoms with van der Waals surface area (Å²) in [5.41, 5.74) is 1.32. The van der Waals surface area contributed by atoms with Crippen molar-refractivity contribution in [3.05, 3.63) is 64.7 Å². The van der Waals surface area contributed by atoms with Crippen LogP contribution in [-0.4, -0.2) is 0 Å². The zero-order valence-electron chi connectivity index (χ0n) is 10.5. The molecule has 0 aliphatic rings. The molecule has 0 aliphatic carbocycles. The van der Waals surface area contributed by atoms with Gasteiger partial charge in [0.25, 0.3) is 0 Å².